The minimum atomic E-state index is -0.904. The van der Waals surface area contributed by atoms with Crippen LogP contribution in [0.4, 0.5) is 0 Å². The lowest BCUT2D eigenvalue weighted by atomic mass is 10.2. The van der Waals surface area contributed by atoms with Gasteiger partial charge in [-0.2, -0.15) is 0 Å². The third-order valence-corrected chi connectivity index (χ3v) is 4.41. The van der Waals surface area contributed by atoms with Crippen LogP contribution in [0.2, 0.25) is 0 Å². The van der Waals surface area contributed by atoms with Crippen LogP contribution in [0, 0.1) is 0 Å². The molecular weight excluding hydrogens is 360 g/mol. The van der Waals surface area contributed by atoms with Crippen molar-refractivity contribution in [3.05, 3.63) is 70.7 Å². The molecule has 3 rings (SSSR count). The topological polar surface area (TPSA) is 81.7 Å². The summed E-state index contributed by atoms with van der Waals surface area (Å²) in [7, 11) is 1.66. The highest BCUT2D eigenvalue weighted by Gasteiger charge is 2.22. The Hall–Kier alpha value is -3.35. The summed E-state index contributed by atoms with van der Waals surface area (Å²) in [5.74, 6) is -1.37. The molecule has 0 spiro atoms. The van der Waals surface area contributed by atoms with Crippen LogP contribution in [0.1, 0.15) is 18.9 Å². The van der Waals surface area contributed by atoms with E-state index in [1.165, 1.54) is 9.47 Å². The second-order valence-corrected chi connectivity index (χ2v) is 6.55. The molecular formula is C21H22N2O5. The fourth-order valence-corrected chi connectivity index (χ4v) is 2.98. The van der Waals surface area contributed by atoms with E-state index in [0.717, 1.165) is 5.56 Å². The predicted octanol–water partition coefficient (Wildman–Crippen LogP) is 2.57. The van der Waals surface area contributed by atoms with Crippen LogP contribution in [0.15, 0.2) is 63.8 Å². The standard InChI is InChI=1S/C21H22N2O5/c1-15(20(25)22(2)14-16-8-4-3-5-9-16)27-19(24)12-13-23-17-10-6-7-11-18(17)28-21(23)26/h3-11,15H,12-14H2,1-2H3/t15-/m0/s1. The summed E-state index contributed by atoms with van der Waals surface area (Å²) in [6.07, 6.45) is -0.942. The van der Waals surface area contributed by atoms with E-state index in [2.05, 4.69) is 0 Å². The van der Waals surface area contributed by atoms with Gasteiger partial charge in [0.2, 0.25) is 0 Å². The number of hydrogen-bond donors (Lipinski definition) is 0. The number of hydrogen-bond acceptors (Lipinski definition) is 5. The molecule has 0 radical (unpaired) electrons. The molecule has 1 heterocycles. The Kier molecular flexibility index (Phi) is 5.93. The zero-order chi connectivity index (χ0) is 20.1. The van der Waals surface area contributed by atoms with Crippen LogP contribution in [-0.4, -0.2) is 34.5 Å². The zero-order valence-electron chi connectivity index (χ0n) is 15.8. The van der Waals surface area contributed by atoms with E-state index in [9.17, 15) is 14.4 Å². The van der Waals surface area contributed by atoms with Crippen LogP contribution in [0.3, 0.4) is 0 Å². The Labute approximate surface area is 162 Å². The number of likely N-dealkylation sites (N-methyl/N-ethyl adjacent to an activating group) is 1. The smallest absolute Gasteiger partial charge is 0.419 e. The highest BCUT2D eigenvalue weighted by molar-refractivity contribution is 5.83. The van der Waals surface area contributed by atoms with Crippen LogP contribution in [-0.2, 0) is 27.4 Å². The molecule has 1 atom stereocenters. The molecule has 1 amide bonds. The summed E-state index contributed by atoms with van der Waals surface area (Å²) in [6.45, 7) is 2.09. The molecule has 2 aromatic carbocycles. The van der Waals surface area contributed by atoms with E-state index in [1.54, 1.807) is 38.2 Å². The second kappa shape index (κ2) is 8.56. The number of esters is 1. The number of oxazole rings is 1. The van der Waals surface area contributed by atoms with Crippen LogP contribution < -0.4 is 5.76 Å². The number of amides is 1. The number of nitrogens with zero attached hydrogens (tertiary/aromatic N) is 2. The third kappa shape index (κ3) is 4.49. The van der Waals surface area contributed by atoms with Crippen LogP contribution in [0.5, 0.6) is 0 Å². The van der Waals surface area contributed by atoms with Gasteiger partial charge in [-0.3, -0.25) is 14.2 Å². The molecule has 7 nitrogen and oxygen atoms in total. The van der Waals surface area contributed by atoms with Gasteiger partial charge in [0.25, 0.3) is 5.91 Å². The maximum absolute atomic E-state index is 12.4. The monoisotopic (exact) mass is 382 g/mol. The fraction of sp³-hybridized carbons (Fsp3) is 0.286. The molecule has 0 fully saturated rings. The molecule has 146 valence electrons. The van der Waals surface area contributed by atoms with Gasteiger partial charge >= 0.3 is 11.7 Å². The number of carbonyl (C=O) groups excluding carboxylic acids is 2. The van der Waals surface area contributed by atoms with Gasteiger partial charge in [0.1, 0.15) is 0 Å². The normalized spacial score (nSPS) is 11.9. The van der Waals surface area contributed by atoms with E-state index in [4.69, 9.17) is 9.15 Å². The van der Waals surface area contributed by atoms with Crippen LogP contribution >= 0.6 is 0 Å². The lowest BCUT2D eigenvalue weighted by Crippen LogP contribution is -2.37. The summed E-state index contributed by atoms with van der Waals surface area (Å²) in [6, 6.07) is 16.5. The quantitative estimate of drug-likeness (QED) is 0.587. The Balaban J connectivity index is 1.54. The summed E-state index contributed by atoms with van der Waals surface area (Å²) < 4.78 is 11.8. The number of aromatic nitrogens is 1. The third-order valence-electron chi connectivity index (χ3n) is 4.41. The van der Waals surface area contributed by atoms with Crippen molar-refractivity contribution in [3.8, 4) is 0 Å². The second-order valence-electron chi connectivity index (χ2n) is 6.55. The molecule has 0 aliphatic rings. The Bertz CT molecular complexity index is 1020. The van der Waals surface area contributed by atoms with Crippen molar-refractivity contribution in [2.75, 3.05) is 7.05 Å². The molecule has 3 aromatic rings. The van der Waals surface area contributed by atoms with Gasteiger partial charge in [-0.1, -0.05) is 42.5 Å². The molecule has 0 saturated carbocycles. The molecule has 0 bridgehead atoms. The van der Waals surface area contributed by atoms with E-state index in [0.29, 0.717) is 17.6 Å². The van der Waals surface area contributed by atoms with Gasteiger partial charge in [-0.25, -0.2) is 4.79 Å². The SMILES string of the molecule is C[C@H](OC(=O)CCn1c(=O)oc2ccccc21)C(=O)N(C)Cc1ccccc1. The van der Waals surface area contributed by atoms with Crippen molar-refractivity contribution >= 4 is 23.0 Å². The number of fused-ring (bicyclic) bond motifs is 1. The largest absolute Gasteiger partial charge is 0.452 e. The molecule has 0 N–H and O–H groups in total. The summed E-state index contributed by atoms with van der Waals surface area (Å²) in [4.78, 5) is 38.0. The maximum atomic E-state index is 12.4. The van der Waals surface area contributed by atoms with Crippen molar-refractivity contribution in [1.82, 2.24) is 9.47 Å². The van der Waals surface area contributed by atoms with Crippen molar-refractivity contribution < 1.29 is 18.7 Å². The first kappa shape index (κ1) is 19.4. The fourth-order valence-electron chi connectivity index (χ4n) is 2.98. The van der Waals surface area contributed by atoms with Gasteiger partial charge in [0.15, 0.2) is 11.7 Å². The van der Waals surface area contributed by atoms with Gasteiger partial charge < -0.3 is 14.1 Å². The molecule has 28 heavy (non-hydrogen) atoms. The average Bonchev–Trinajstić information content (AvgIpc) is 3.01. The first-order valence-electron chi connectivity index (χ1n) is 9.02. The molecule has 0 aliphatic heterocycles. The van der Waals surface area contributed by atoms with Gasteiger partial charge in [-0.05, 0) is 24.6 Å². The highest BCUT2D eigenvalue weighted by atomic mass is 16.5. The Morgan fingerprint density at radius 3 is 2.54 bits per heavy atom. The van der Waals surface area contributed by atoms with E-state index in [-0.39, 0.29) is 18.9 Å². The van der Waals surface area contributed by atoms with Gasteiger partial charge in [0.05, 0.1) is 11.9 Å². The Morgan fingerprint density at radius 1 is 1.11 bits per heavy atom. The molecule has 0 unspecified atom stereocenters. The number of para-hydroxylation sites is 2. The summed E-state index contributed by atoms with van der Waals surface area (Å²) >= 11 is 0. The summed E-state index contributed by atoms with van der Waals surface area (Å²) in [5.41, 5.74) is 2.07. The number of ether oxygens (including phenoxy) is 1. The first-order chi connectivity index (χ1) is 13.5. The van der Waals surface area contributed by atoms with Gasteiger partial charge in [0, 0.05) is 20.1 Å². The molecule has 0 saturated heterocycles. The number of benzene rings is 2. The van der Waals surface area contributed by atoms with Crippen LogP contribution in [0.25, 0.3) is 11.1 Å². The lowest BCUT2D eigenvalue weighted by molar-refractivity contribution is -0.158. The van der Waals surface area contributed by atoms with Crippen molar-refractivity contribution in [3.63, 3.8) is 0 Å². The number of rotatable bonds is 7. The van der Waals surface area contributed by atoms with E-state index >= 15 is 0 Å². The van der Waals surface area contributed by atoms with Crippen molar-refractivity contribution in [1.29, 1.82) is 0 Å². The first-order valence-corrected chi connectivity index (χ1v) is 9.02. The molecule has 7 heteroatoms. The van der Waals surface area contributed by atoms with Gasteiger partial charge in [-0.15, -0.1) is 0 Å². The zero-order valence-corrected chi connectivity index (χ0v) is 15.8. The minimum Gasteiger partial charge on any atom is -0.452 e. The molecule has 0 aliphatic carbocycles. The predicted molar refractivity (Wildman–Crippen MR) is 104 cm³/mol. The minimum absolute atomic E-state index is 0.0382. The van der Waals surface area contributed by atoms with E-state index < -0.39 is 17.8 Å². The van der Waals surface area contributed by atoms with E-state index in [1.807, 2.05) is 30.3 Å². The van der Waals surface area contributed by atoms with Crippen molar-refractivity contribution in [2.45, 2.75) is 32.5 Å². The molecule has 1 aromatic heterocycles. The Morgan fingerprint density at radius 2 is 1.79 bits per heavy atom. The lowest BCUT2D eigenvalue weighted by Gasteiger charge is -2.21. The maximum Gasteiger partial charge on any atom is 0.419 e. The van der Waals surface area contributed by atoms with Crippen molar-refractivity contribution in [2.24, 2.45) is 0 Å². The number of aryl methyl sites for hydroxylation is 1. The average molecular weight is 382 g/mol. The highest BCUT2D eigenvalue weighted by Crippen LogP contribution is 2.12. The summed E-state index contributed by atoms with van der Waals surface area (Å²) in [5, 5.41) is 0. The number of carbonyl (C=O) groups is 2.